The first kappa shape index (κ1) is 19.4. The van der Waals surface area contributed by atoms with Gasteiger partial charge in [-0.2, -0.15) is 0 Å². The van der Waals surface area contributed by atoms with Crippen LogP contribution in [-0.4, -0.2) is 33.3 Å². The molecule has 2 N–H and O–H groups in total. The molecule has 0 aliphatic carbocycles. The van der Waals surface area contributed by atoms with Gasteiger partial charge in [-0.1, -0.05) is 24.4 Å². The molecule has 7 heteroatoms. The molecule has 0 spiro atoms. The van der Waals surface area contributed by atoms with E-state index in [2.05, 4.69) is 6.92 Å². The van der Waals surface area contributed by atoms with Crippen LogP contribution in [0, 0.1) is 6.92 Å². The zero-order valence-corrected chi connectivity index (χ0v) is 17.1. The molecule has 1 aliphatic heterocycles. The van der Waals surface area contributed by atoms with Crippen LogP contribution in [-0.2, 0) is 6.54 Å². The summed E-state index contributed by atoms with van der Waals surface area (Å²) in [5.74, 6) is 0.300. The van der Waals surface area contributed by atoms with Gasteiger partial charge in [-0.25, -0.2) is 4.57 Å². The third-order valence-electron chi connectivity index (χ3n) is 5.78. The number of hydrogen-bond acceptors (Lipinski definition) is 4. The van der Waals surface area contributed by atoms with Crippen LogP contribution in [0.3, 0.4) is 0 Å². The van der Waals surface area contributed by atoms with Crippen molar-refractivity contribution in [2.75, 3.05) is 18.8 Å². The summed E-state index contributed by atoms with van der Waals surface area (Å²) in [5, 5.41) is 0.429. The Kier molecular flexibility index (Phi) is 5.22. The third kappa shape index (κ3) is 3.34. The smallest absolute Gasteiger partial charge is 0.278 e. The lowest BCUT2D eigenvalue weighted by Gasteiger charge is -2.27. The molecule has 1 aliphatic rings. The van der Waals surface area contributed by atoms with Crippen LogP contribution < -0.4 is 15.9 Å². The zero-order chi connectivity index (χ0) is 20.5. The number of pyridine rings is 2. The molecular formula is C22H28N5O2+. The summed E-state index contributed by atoms with van der Waals surface area (Å²) in [5.41, 5.74) is 8.81. The molecule has 3 aromatic heterocycles. The van der Waals surface area contributed by atoms with E-state index in [1.165, 1.54) is 0 Å². The standard InChI is InChI=1S/C22H27N5O2/c1-3-4-12-26-18(23)16(21(28)25-10-6-5-7-11-25)14-17-20(26)24-19-15(2)9-8-13-27(19)22(17)29/h8-9,13-14,23H,3-7,10-12H2,1-2H3/p+1. The number of nitrogens with zero attached hydrogens (tertiary/aromatic N) is 4. The number of carbonyl (C=O) groups is 1. The average molecular weight is 394 g/mol. The van der Waals surface area contributed by atoms with E-state index in [9.17, 15) is 9.59 Å². The first-order valence-electron chi connectivity index (χ1n) is 10.5. The highest BCUT2D eigenvalue weighted by molar-refractivity contribution is 6.00. The Morgan fingerprint density at radius 3 is 2.76 bits per heavy atom. The summed E-state index contributed by atoms with van der Waals surface area (Å²) in [6, 6.07) is 5.41. The Morgan fingerprint density at radius 1 is 1.28 bits per heavy atom. The largest absolute Gasteiger partial charge is 0.338 e. The van der Waals surface area contributed by atoms with Gasteiger partial charge in [0.05, 0.1) is 6.54 Å². The molecule has 29 heavy (non-hydrogen) atoms. The Hall–Kier alpha value is -2.96. The number of aryl methyl sites for hydroxylation is 2. The predicted molar refractivity (Wildman–Crippen MR) is 113 cm³/mol. The highest BCUT2D eigenvalue weighted by Crippen LogP contribution is 2.20. The monoisotopic (exact) mass is 394 g/mol. The van der Waals surface area contributed by atoms with E-state index in [1.807, 2.05) is 28.5 Å². The lowest BCUT2D eigenvalue weighted by molar-refractivity contribution is -0.659. The minimum absolute atomic E-state index is 0.0944. The second kappa shape index (κ2) is 7.81. The quantitative estimate of drug-likeness (QED) is 0.544. The summed E-state index contributed by atoms with van der Waals surface area (Å²) in [6.45, 7) is 6.12. The molecule has 4 rings (SSSR count). The van der Waals surface area contributed by atoms with Crippen LogP contribution in [0.2, 0.25) is 0 Å². The summed E-state index contributed by atoms with van der Waals surface area (Å²) in [6.07, 6.45) is 6.73. The van der Waals surface area contributed by atoms with E-state index in [0.29, 0.717) is 34.6 Å². The van der Waals surface area contributed by atoms with Gasteiger partial charge in [-0.15, -0.1) is 0 Å². The second-order valence-corrected chi connectivity index (χ2v) is 7.84. The normalized spacial score (nSPS) is 14.6. The first-order valence-corrected chi connectivity index (χ1v) is 10.5. The van der Waals surface area contributed by atoms with Gasteiger partial charge >= 0.3 is 0 Å². The number of unbranched alkanes of at least 4 members (excludes halogenated alkanes) is 1. The van der Waals surface area contributed by atoms with E-state index in [0.717, 1.165) is 50.8 Å². The Morgan fingerprint density at radius 2 is 2.03 bits per heavy atom. The van der Waals surface area contributed by atoms with E-state index in [-0.39, 0.29) is 11.5 Å². The van der Waals surface area contributed by atoms with Crippen molar-refractivity contribution in [3.8, 4) is 0 Å². The van der Waals surface area contributed by atoms with Gasteiger partial charge in [0.2, 0.25) is 11.5 Å². The van der Waals surface area contributed by atoms with Gasteiger partial charge in [-0.3, -0.25) is 14.0 Å². The zero-order valence-electron chi connectivity index (χ0n) is 17.1. The molecule has 0 aromatic carbocycles. The van der Waals surface area contributed by atoms with Crippen LogP contribution in [0.5, 0.6) is 0 Å². The van der Waals surface area contributed by atoms with E-state index in [1.54, 1.807) is 16.7 Å². The number of fused-ring (bicyclic) bond motifs is 2. The van der Waals surface area contributed by atoms with E-state index in [4.69, 9.17) is 10.7 Å². The van der Waals surface area contributed by atoms with Crippen LogP contribution in [0.25, 0.3) is 16.7 Å². The van der Waals surface area contributed by atoms with Crippen LogP contribution >= 0.6 is 0 Å². The Balaban J connectivity index is 1.99. The fourth-order valence-electron chi connectivity index (χ4n) is 4.09. The summed E-state index contributed by atoms with van der Waals surface area (Å²) < 4.78 is 3.40. The number of aromatic nitrogens is 3. The number of hydrogen-bond donors (Lipinski definition) is 1. The number of nitrogens with two attached hydrogens (primary N) is 1. The lowest BCUT2D eigenvalue weighted by atomic mass is 10.1. The molecule has 1 saturated heterocycles. The maximum Gasteiger partial charge on any atom is 0.278 e. The first-order chi connectivity index (χ1) is 14.0. The number of anilines is 1. The van der Waals surface area contributed by atoms with Crippen LogP contribution in [0.15, 0.2) is 29.2 Å². The molecule has 0 atom stereocenters. The molecule has 0 unspecified atom stereocenters. The molecule has 0 bridgehead atoms. The summed E-state index contributed by atoms with van der Waals surface area (Å²) in [7, 11) is 0. The van der Waals surface area contributed by atoms with Crippen molar-refractivity contribution in [1.82, 2.24) is 14.3 Å². The van der Waals surface area contributed by atoms with Gasteiger partial charge in [-0.05, 0) is 44.7 Å². The molecule has 0 radical (unpaired) electrons. The highest BCUT2D eigenvalue weighted by atomic mass is 16.2. The molecule has 152 valence electrons. The average Bonchev–Trinajstić information content (AvgIpc) is 2.74. The number of amides is 1. The van der Waals surface area contributed by atoms with Crippen molar-refractivity contribution in [1.29, 1.82) is 0 Å². The number of piperidine rings is 1. The summed E-state index contributed by atoms with van der Waals surface area (Å²) in [4.78, 5) is 33.1. The molecule has 7 nitrogen and oxygen atoms in total. The SMILES string of the molecule is CCCC[n+]1c(N)c(C(=O)N2CCCCC2)cc2c(=O)n3cccc(C)c3nc21. The molecule has 4 heterocycles. The highest BCUT2D eigenvalue weighted by Gasteiger charge is 2.27. The fraction of sp³-hybridized carbons (Fsp3) is 0.455. The maximum atomic E-state index is 13.3. The fourth-order valence-corrected chi connectivity index (χ4v) is 4.09. The maximum absolute atomic E-state index is 13.3. The van der Waals surface area contributed by atoms with Crippen molar-refractivity contribution in [2.24, 2.45) is 0 Å². The van der Waals surface area contributed by atoms with Gasteiger partial charge in [0.15, 0.2) is 0 Å². The third-order valence-corrected chi connectivity index (χ3v) is 5.78. The van der Waals surface area contributed by atoms with Crippen molar-refractivity contribution in [2.45, 2.75) is 52.5 Å². The number of rotatable bonds is 4. The Labute approximate surface area is 169 Å². The van der Waals surface area contributed by atoms with Crippen molar-refractivity contribution >= 4 is 28.4 Å². The van der Waals surface area contributed by atoms with Crippen molar-refractivity contribution in [3.05, 3.63) is 45.9 Å². The number of nitrogen functional groups attached to an aromatic ring is 1. The second-order valence-electron chi connectivity index (χ2n) is 7.84. The van der Waals surface area contributed by atoms with Gasteiger partial charge in [0.25, 0.3) is 17.1 Å². The van der Waals surface area contributed by atoms with Gasteiger partial charge in [0, 0.05) is 24.8 Å². The molecule has 1 amide bonds. The van der Waals surface area contributed by atoms with Gasteiger partial charge in [0.1, 0.15) is 10.9 Å². The van der Waals surface area contributed by atoms with Crippen molar-refractivity contribution in [3.63, 3.8) is 0 Å². The molecule has 0 saturated carbocycles. The molecular weight excluding hydrogens is 366 g/mol. The van der Waals surface area contributed by atoms with Crippen LogP contribution in [0.1, 0.15) is 54.9 Å². The molecule has 1 fully saturated rings. The number of carbonyl (C=O) groups excluding carboxylic acids is 1. The minimum atomic E-state index is -0.174. The number of likely N-dealkylation sites (tertiary alicyclic amines) is 1. The Bertz CT molecular complexity index is 1150. The summed E-state index contributed by atoms with van der Waals surface area (Å²) >= 11 is 0. The predicted octanol–water partition coefficient (Wildman–Crippen LogP) is 2.45. The topological polar surface area (TPSA) is 84.6 Å². The van der Waals surface area contributed by atoms with E-state index >= 15 is 0 Å². The van der Waals surface area contributed by atoms with Crippen molar-refractivity contribution < 1.29 is 9.36 Å². The molecule has 3 aromatic rings. The van der Waals surface area contributed by atoms with E-state index < -0.39 is 0 Å². The minimum Gasteiger partial charge on any atom is -0.338 e. The van der Waals surface area contributed by atoms with Crippen LogP contribution in [0.4, 0.5) is 5.82 Å². The van der Waals surface area contributed by atoms with Gasteiger partial charge < -0.3 is 10.6 Å². The lowest BCUT2D eigenvalue weighted by Crippen LogP contribution is -2.44.